The highest BCUT2D eigenvalue weighted by atomic mass is 15.2. The third-order valence-electron chi connectivity index (χ3n) is 4.20. The smallest absolute Gasteiger partial charge is 0.137 e. The van der Waals surface area contributed by atoms with Crippen molar-refractivity contribution in [2.24, 2.45) is 0 Å². The Hall–Kier alpha value is -2.49. The topological polar surface area (TPSA) is 46.6 Å². The quantitative estimate of drug-likeness (QED) is 0.784. The Labute approximate surface area is 123 Å². The van der Waals surface area contributed by atoms with Crippen LogP contribution < -0.4 is 10.6 Å². The summed E-state index contributed by atoms with van der Waals surface area (Å²) in [5, 5.41) is 0. The number of nitrogens with zero attached hydrogens (tertiary/aromatic N) is 3. The zero-order valence-electron chi connectivity index (χ0n) is 12.0. The molecule has 2 N–H and O–H groups in total. The minimum Gasteiger partial charge on any atom is -0.398 e. The lowest BCUT2D eigenvalue weighted by atomic mass is 10.1. The molecule has 4 heteroatoms. The zero-order valence-corrected chi connectivity index (χ0v) is 12.0. The van der Waals surface area contributed by atoms with Gasteiger partial charge in [0.1, 0.15) is 5.65 Å². The van der Waals surface area contributed by atoms with Gasteiger partial charge in [-0.25, -0.2) is 4.98 Å². The molecular formula is C17H18N4. The Morgan fingerprint density at radius 3 is 2.95 bits per heavy atom. The second kappa shape index (κ2) is 4.52. The molecule has 0 amide bonds. The maximum Gasteiger partial charge on any atom is 0.137 e. The number of nitrogen functional groups attached to an aromatic ring is 1. The Morgan fingerprint density at radius 2 is 2.05 bits per heavy atom. The van der Waals surface area contributed by atoms with Crippen molar-refractivity contribution in [1.29, 1.82) is 0 Å². The predicted molar refractivity (Wildman–Crippen MR) is 85.4 cm³/mol. The number of benzene rings is 1. The van der Waals surface area contributed by atoms with Crippen LogP contribution in [0, 0.1) is 0 Å². The number of imidazole rings is 1. The number of nitrogens with two attached hydrogens (primary N) is 1. The number of fused-ring (bicyclic) bond motifs is 2. The Morgan fingerprint density at radius 1 is 1.19 bits per heavy atom. The average Bonchev–Trinajstić information content (AvgIpc) is 3.00. The van der Waals surface area contributed by atoms with E-state index in [1.807, 2.05) is 22.7 Å². The van der Waals surface area contributed by atoms with Gasteiger partial charge >= 0.3 is 0 Å². The number of para-hydroxylation sites is 1. The molecule has 0 saturated carbocycles. The van der Waals surface area contributed by atoms with Crippen molar-refractivity contribution in [1.82, 2.24) is 9.38 Å². The van der Waals surface area contributed by atoms with E-state index in [4.69, 9.17) is 10.7 Å². The molecule has 4 nitrogen and oxygen atoms in total. The molecular weight excluding hydrogens is 260 g/mol. The van der Waals surface area contributed by atoms with E-state index in [0.717, 1.165) is 30.0 Å². The highest BCUT2D eigenvalue weighted by Gasteiger charge is 2.25. The Bertz CT molecular complexity index is 805. The summed E-state index contributed by atoms with van der Waals surface area (Å²) in [6, 6.07) is 13.0. The molecule has 21 heavy (non-hydrogen) atoms. The molecule has 1 aliphatic rings. The number of rotatable bonds is 2. The normalized spacial score (nSPS) is 17.4. The van der Waals surface area contributed by atoms with E-state index in [2.05, 4.69) is 42.3 Å². The molecule has 0 radical (unpaired) electrons. The monoisotopic (exact) mass is 278 g/mol. The van der Waals surface area contributed by atoms with Crippen LogP contribution in [0.4, 0.5) is 11.4 Å². The van der Waals surface area contributed by atoms with E-state index < -0.39 is 0 Å². The first kappa shape index (κ1) is 12.3. The van der Waals surface area contributed by atoms with Gasteiger partial charge in [0.05, 0.1) is 12.2 Å². The predicted octanol–water partition coefficient (Wildman–Crippen LogP) is 2.87. The first-order chi connectivity index (χ1) is 10.2. The van der Waals surface area contributed by atoms with E-state index in [9.17, 15) is 0 Å². The maximum atomic E-state index is 5.82. The van der Waals surface area contributed by atoms with Crippen LogP contribution in [0.1, 0.15) is 18.2 Å². The van der Waals surface area contributed by atoms with Crippen molar-refractivity contribution >= 4 is 17.0 Å². The summed E-state index contributed by atoms with van der Waals surface area (Å²) in [4.78, 5) is 7.12. The minimum absolute atomic E-state index is 0.511. The van der Waals surface area contributed by atoms with Gasteiger partial charge in [0.2, 0.25) is 0 Å². The summed E-state index contributed by atoms with van der Waals surface area (Å²) in [6.07, 6.45) is 5.09. The Kier molecular flexibility index (Phi) is 2.64. The van der Waals surface area contributed by atoms with Crippen molar-refractivity contribution in [2.45, 2.75) is 25.9 Å². The lowest BCUT2D eigenvalue weighted by molar-refractivity contribution is 0.666. The molecule has 2 aromatic heterocycles. The van der Waals surface area contributed by atoms with Crippen molar-refractivity contribution in [3.63, 3.8) is 0 Å². The average molecular weight is 278 g/mol. The highest BCUT2D eigenvalue weighted by molar-refractivity contribution is 5.59. The molecule has 0 aliphatic carbocycles. The van der Waals surface area contributed by atoms with Gasteiger partial charge in [0.15, 0.2) is 0 Å². The molecule has 1 aliphatic heterocycles. The fourth-order valence-corrected chi connectivity index (χ4v) is 3.18. The molecule has 3 aromatic rings. The van der Waals surface area contributed by atoms with E-state index in [0.29, 0.717) is 6.04 Å². The number of anilines is 2. The van der Waals surface area contributed by atoms with Gasteiger partial charge in [-0.3, -0.25) is 0 Å². The van der Waals surface area contributed by atoms with Crippen molar-refractivity contribution in [3.8, 4) is 0 Å². The summed E-state index contributed by atoms with van der Waals surface area (Å²) in [5.74, 6) is 0. The van der Waals surface area contributed by atoms with Gasteiger partial charge in [0.25, 0.3) is 0 Å². The third kappa shape index (κ3) is 2.03. The molecule has 4 rings (SSSR count). The summed E-state index contributed by atoms with van der Waals surface area (Å²) >= 11 is 0. The highest BCUT2D eigenvalue weighted by Crippen LogP contribution is 2.32. The van der Waals surface area contributed by atoms with Crippen LogP contribution in [0.5, 0.6) is 0 Å². The Balaban J connectivity index is 1.68. The SMILES string of the molecule is CC1Cc2ccccc2N1Cc1cn2cc(N)ccc2n1. The molecule has 1 unspecified atom stereocenters. The first-order valence-electron chi connectivity index (χ1n) is 7.28. The van der Waals surface area contributed by atoms with Gasteiger partial charge in [-0.05, 0) is 37.1 Å². The van der Waals surface area contributed by atoms with Crippen LogP contribution in [-0.4, -0.2) is 15.4 Å². The molecule has 0 bridgehead atoms. The van der Waals surface area contributed by atoms with Gasteiger partial charge in [0, 0.05) is 29.8 Å². The maximum absolute atomic E-state index is 5.82. The van der Waals surface area contributed by atoms with Crippen LogP contribution in [0.25, 0.3) is 5.65 Å². The summed E-state index contributed by atoms with van der Waals surface area (Å²) < 4.78 is 2.00. The lowest BCUT2D eigenvalue weighted by Gasteiger charge is -2.23. The fraction of sp³-hybridized carbons (Fsp3) is 0.235. The van der Waals surface area contributed by atoms with Gasteiger partial charge in [-0.2, -0.15) is 0 Å². The van der Waals surface area contributed by atoms with Crippen LogP contribution in [-0.2, 0) is 13.0 Å². The molecule has 3 heterocycles. The third-order valence-corrected chi connectivity index (χ3v) is 4.20. The lowest BCUT2D eigenvalue weighted by Crippen LogP contribution is -2.28. The van der Waals surface area contributed by atoms with Crippen LogP contribution in [0.2, 0.25) is 0 Å². The number of aromatic nitrogens is 2. The van der Waals surface area contributed by atoms with Crippen LogP contribution in [0.3, 0.4) is 0 Å². The fourth-order valence-electron chi connectivity index (χ4n) is 3.18. The molecule has 0 fully saturated rings. The molecule has 0 spiro atoms. The summed E-state index contributed by atoms with van der Waals surface area (Å²) in [6.45, 7) is 3.10. The van der Waals surface area contributed by atoms with E-state index >= 15 is 0 Å². The second-order valence-electron chi connectivity index (χ2n) is 5.77. The standard InChI is InChI=1S/C17H18N4/c1-12-8-13-4-2-3-5-16(13)21(12)11-15-10-20-9-14(18)6-7-17(20)19-15/h2-7,9-10,12H,8,11,18H2,1H3. The number of pyridine rings is 1. The number of hydrogen-bond donors (Lipinski definition) is 1. The molecule has 106 valence electrons. The van der Waals surface area contributed by atoms with Crippen molar-refractivity contribution in [3.05, 3.63) is 60.0 Å². The van der Waals surface area contributed by atoms with E-state index in [1.165, 1.54) is 11.3 Å². The first-order valence-corrected chi connectivity index (χ1v) is 7.28. The second-order valence-corrected chi connectivity index (χ2v) is 5.77. The largest absolute Gasteiger partial charge is 0.398 e. The molecule has 1 aromatic carbocycles. The van der Waals surface area contributed by atoms with E-state index in [-0.39, 0.29) is 0 Å². The van der Waals surface area contributed by atoms with E-state index in [1.54, 1.807) is 0 Å². The van der Waals surface area contributed by atoms with Crippen LogP contribution in [0.15, 0.2) is 48.8 Å². The molecule has 1 atom stereocenters. The van der Waals surface area contributed by atoms with Gasteiger partial charge in [-0.15, -0.1) is 0 Å². The summed E-state index contributed by atoms with van der Waals surface area (Å²) in [5.41, 5.74) is 11.4. The number of hydrogen-bond acceptors (Lipinski definition) is 3. The molecule has 0 saturated heterocycles. The van der Waals surface area contributed by atoms with Crippen LogP contribution >= 0.6 is 0 Å². The van der Waals surface area contributed by atoms with Crippen molar-refractivity contribution < 1.29 is 0 Å². The zero-order chi connectivity index (χ0) is 14.4. The van der Waals surface area contributed by atoms with Gasteiger partial charge in [-0.1, -0.05) is 18.2 Å². The minimum atomic E-state index is 0.511. The van der Waals surface area contributed by atoms with Gasteiger partial charge < -0.3 is 15.0 Å². The van der Waals surface area contributed by atoms with Crippen molar-refractivity contribution in [2.75, 3.05) is 10.6 Å². The summed E-state index contributed by atoms with van der Waals surface area (Å²) in [7, 11) is 0.